The number of H-pyrrole nitrogens is 1. The van der Waals surface area contributed by atoms with Gasteiger partial charge in [0.05, 0.1) is 0 Å². The highest BCUT2D eigenvalue weighted by molar-refractivity contribution is 5.85. The van der Waals surface area contributed by atoms with E-state index < -0.39 is 0 Å². The van der Waals surface area contributed by atoms with Crippen molar-refractivity contribution in [1.29, 1.82) is 0 Å². The molecule has 4 nitrogen and oxygen atoms in total. The van der Waals surface area contributed by atoms with Gasteiger partial charge >= 0.3 is 0 Å². The average Bonchev–Trinajstić information content (AvgIpc) is 2.17. The molecule has 4 heteroatoms. The summed E-state index contributed by atoms with van der Waals surface area (Å²) in [6, 6.07) is 7.12. The van der Waals surface area contributed by atoms with E-state index in [0.717, 1.165) is 22.2 Å². The molecule has 72 valence electrons. The van der Waals surface area contributed by atoms with E-state index in [0.29, 0.717) is 0 Å². The third-order valence-electron chi connectivity index (χ3n) is 2.22. The van der Waals surface area contributed by atoms with Crippen LogP contribution in [0.25, 0.3) is 10.9 Å². The molecule has 1 aromatic heterocycles. The summed E-state index contributed by atoms with van der Waals surface area (Å²) in [5.41, 5.74) is 5.09. The second kappa shape index (κ2) is 3.16. The molecule has 0 spiro atoms. The fraction of sp³-hybridized carbons (Fsp3) is 0.100. The van der Waals surface area contributed by atoms with E-state index in [1.165, 1.54) is 0 Å². The van der Waals surface area contributed by atoms with Crippen LogP contribution in [0.4, 0.5) is 5.69 Å². The molecule has 4 N–H and O–H groups in total. The number of aromatic nitrogens is 1. The summed E-state index contributed by atoms with van der Waals surface area (Å²) in [4.78, 5) is 13.9. The van der Waals surface area contributed by atoms with Gasteiger partial charge in [-0.05, 0) is 30.7 Å². The van der Waals surface area contributed by atoms with Crippen LogP contribution in [0.1, 0.15) is 5.56 Å². The molecular weight excluding hydrogens is 178 g/mol. The molecule has 0 unspecified atom stereocenters. The summed E-state index contributed by atoms with van der Waals surface area (Å²) in [5, 5.41) is 1.00. The molecule has 14 heavy (non-hydrogen) atoms. The third-order valence-corrected chi connectivity index (χ3v) is 2.22. The Bertz CT molecular complexity index is 530. The van der Waals surface area contributed by atoms with Crippen LogP contribution in [0, 0.1) is 6.92 Å². The molecule has 0 aliphatic carbocycles. The molecule has 2 rings (SSSR count). The lowest BCUT2D eigenvalue weighted by molar-refractivity contribution is 1.27. The fourth-order valence-electron chi connectivity index (χ4n) is 1.51. The predicted octanol–water partition coefficient (Wildman–Crippen LogP) is 1.12. The number of hydrogen-bond acceptors (Lipinski definition) is 3. The Morgan fingerprint density at radius 2 is 2.14 bits per heavy atom. The quantitative estimate of drug-likeness (QED) is 0.465. The van der Waals surface area contributed by atoms with E-state index in [4.69, 9.17) is 5.84 Å². The SMILES string of the molecule is Cc1cc(=O)[nH]c2ccc(NN)cc12. The van der Waals surface area contributed by atoms with Crippen LogP contribution in [-0.2, 0) is 0 Å². The molecule has 0 saturated heterocycles. The highest BCUT2D eigenvalue weighted by Gasteiger charge is 1.99. The van der Waals surface area contributed by atoms with Crippen LogP contribution in [0.5, 0.6) is 0 Å². The van der Waals surface area contributed by atoms with Crippen molar-refractivity contribution in [3.05, 3.63) is 40.2 Å². The van der Waals surface area contributed by atoms with Crippen molar-refractivity contribution in [2.75, 3.05) is 5.43 Å². The van der Waals surface area contributed by atoms with Gasteiger partial charge in [-0.2, -0.15) is 0 Å². The van der Waals surface area contributed by atoms with Crippen LogP contribution in [0.3, 0.4) is 0 Å². The number of hydrogen-bond donors (Lipinski definition) is 3. The highest BCUT2D eigenvalue weighted by atomic mass is 16.1. The maximum absolute atomic E-state index is 11.2. The van der Waals surface area contributed by atoms with E-state index in [1.807, 2.05) is 25.1 Å². The zero-order chi connectivity index (χ0) is 10.1. The lowest BCUT2D eigenvalue weighted by Crippen LogP contribution is -2.08. The second-order valence-corrected chi connectivity index (χ2v) is 3.22. The minimum Gasteiger partial charge on any atom is -0.324 e. The van der Waals surface area contributed by atoms with Gasteiger partial charge in [-0.3, -0.25) is 10.6 Å². The van der Waals surface area contributed by atoms with Crippen LogP contribution >= 0.6 is 0 Å². The Hall–Kier alpha value is -1.81. The predicted molar refractivity (Wildman–Crippen MR) is 57.1 cm³/mol. The average molecular weight is 189 g/mol. The van der Waals surface area contributed by atoms with Crippen molar-refractivity contribution < 1.29 is 0 Å². The number of benzene rings is 1. The topological polar surface area (TPSA) is 70.9 Å². The number of hydrazine groups is 1. The molecule has 0 aliphatic rings. The van der Waals surface area contributed by atoms with Gasteiger partial charge < -0.3 is 10.4 Å². The van der Waals surface area contributed by atoms with Crippen molar-refractivity contribution in [2.24, 2.45) is 5.84 Å². The van der Waals surface area contributed by atoms with Gasteiger partial charge in [0.25, 0.3) is 0 Å². The molecule has 0 bridgehead atoms. The lowest BCUT2D eigenvalue weighted by Gasteiger charge is -2.04. The van der Waals surface area contributed by atoms with Gasteiger partial charge in [-0.1, -0.05) is 0 Å². The molecule has 0 saturated carbocycles. The lowest BCUT2D eigenvalue weighted by atomic mass is 10.1. The molecule has 0 fully saturated rings. The first-order valence-electron chi connectivity index (χ1n) is 4.31. The van der Waals surface area contributed by atoms with E-state index in [1.54, 1.807) is 6.07 Å². The minimum atomic E-state index is -0.0801. The van der Waals surface area contributed by atoms with Gasteiger partial charge in [0.15, 0.2) is 0 Å². The summed E-state index contributed by atoms with van der Waals surface area (Å²) >= 11 is 0. The number of nitrogen functional groups attached to an aromatic ring is 1. The van der Waals surface area contributed by atoms with Crippen LogP contribution in [-0.4, -0.2) is 4.98 Å². The summed E-state index contributed by atoms with van der Waals surface area (Å²) in [6.07, 6.45) is 0. The number of fused-ring (bicyclic) bond motifs is 1. The number of nitrogens with two attached hydrogens (primary N) is 1. The Kier molecular flexibility index (Phi) is 1.98. The Morgan fingerprint density at radius 1 is 1.36 bits per heavy atom. The largest absolute Gasteiger partial charge is 0.324 e. The molecule has 0 amide bonds. The smallest absolute Gasteiger partial charge is 0.248 e. The standard InChI is InChI=1S/C10H11N3O/c1-6-4-10(14)12-9-3-2-7(13-11)5-8(6)9/h2-5,13H,11H2,1H3,(H,12,14). The first-order chi connectivity index (χ1) is 6.70. The zero-order valence-electron chi connectivity index (χ0n) is 7.79. The molecule has 1 aromatic carbocycles. The van der Waals surface area contributed by atoms with Crippen molar-refractivity contribution in [3.8, 4) is 0 Å². The summed E-state index contributed by atoms with van der Waals surface area (Å²) < 4.78 is 0. The molecule has 2 aromatic rings. The molecule has 0 radical (unpaired) electrons. The first kappa shape index (κ1) is 8.77. The number of anilines is 1. The number of rotatable bonds is 1. The van der Waals surface area contributed by atoms with E-state index in [9.17, 15) is 4.79 Å². The number of aryl methyl sites for hydroxylation is 1. The van der Waals surface area contributed by atoms with Crippen LogP contribution in [0.15, 0.2) is 29.1 Å². The summed E-state index contributed by atoms with van der Waals surface area (Å²) in [6.45, 7) is 1.90. The van der Waals surface area contributed by atoms with Gasteiger partial charge in [0.1, 0.15) is 0 Å². The van der Waals surface area contributed by atoms with E-state index in [-0.39, 0.29) is 5.56 Å². The minimum absolute atomic E-state index is 0.0801. The van der Waals surface area contributed by atoms with Crippen molar-refractivity contribution >= 4 is 16.6 Å². The Balaban J connectivity index is 2.82. The Morgan fingerprint density at radius 3 is 2.86 bits per heavy atom. The van der Waals surface area contributed by atoms with Gasteiger partial charge in [-0.25, -0.2) is 0 Å². The van der Waals surface area contributed by atoms with Gasteiger partial charge in [0, 0.05) is 22.7 Å². The number of pyridine rings is 1. The number of aromatic amines is 1. The molecule has 0 atom stereocenters. The molecule has 0 aliphatic heterocycles. The third kappa shape index (κ3) is 1.36. The summed E-state index contributed by atoms with van der Waals surface area (Å²) in [5.74, 6) is 5.30. The monoisotopic (exact) mass is 189 g/mol. The first-order valence-corrected chi connectivity index (χ1v) is 4.31. The van der Waals surface area contributed by atoms with Crippen molar-refractivity contribution in [2.45, 2.75) is 6.92 Å². The van der Waals surface area contributed by atoms with E-state index in [2.05, 4.69) is 10.4 Å². The molecular formula is C10H11N3O. The second-order valence-electron chi connectivity index (χ2n) is 3.22. The van der Waals surface area contributed by atoms with Crippen LogP contribution < -0.4 is 16.8 Å². The van der Waals surface area contributed by atoms with Crippen LogP contribution in [0.2, 0.25) is 0 Å². The maximum atomic E-state index is 11.2. The normalized spacial score (nSPS) is 10.4. The van der Waals surface area contributed by atoms with Crippen molar-refractivity contribution in [3.63, 3.8) is 0 Å². The van der Waals surface area contributed by atoms with E-state index >= 15 is 0 Å². The van der Waals surface area contributed by atoms with Gasteiger partial charge in [-0.15, -0.1) is 0 Å². The fourth-order valence-corrected chi connectivity index (χ4v) is 1.51. The van der Waals surface area contributed by atoms with Crippen molar-refractivity contribution in [1.82, 2.24) is 4.98 Å². The number of nitrogens with one attached hydrogen (secondary N) is 2. The maximum Gasteiger partial charge on any atom is 0.248 e. The zero-order valence-corrected chi connectivity index (χ0v) is 7.79. The highest BCUT2D eigenvalue weighted by Crippen LogP contribution is 2.18. The molecule has 1 heterocycles. The Labute approximate surface area is 80.7 Å². The van der Waals surface area contributed by atoms with Gasteiger partial charge in [0.2, 0.25) is 5.56 Å². The summed E-state index contributed by atoms with van der Waals surface area (Å²) in [7, 11) is 0.